The summed E-state index contributed by atoms with van der Waals surface area (Å²) in [6, 6.07) is 14.6. The Labute approximate surface area is 151 Å². The number of nitrogens with zero attached hydrogens (tertiary/aromatic N) is 1. The lowest BCUT2D eigenvalue weighted by molar-refractivity contribution is 0.0977. The molecule has 2 aromatic rings. The molecule has 4 nitrogen and oxygen atoms in total. The number of carbonyl (C=O) groups is 1. The predicted octanol–water partition coefficient (Wildman–Crippen LogP) is 4.07. The second-order valence-electron chi connectivity index (χ2n) is 5.60. The summed E-state index contributed by atoms with van der Waals surface area (Å²) in [5, 5.41) is 6.74. The van der Waals surface area contributed by atoms with Crippen LogP contribution in [-0.4, -0.2) is 24.1 Å². The van der Waals surface area contributed by atoms with Gasteiger partial charge in [0.2, 0.25) is 0 Å². The van der Waals surface area contributed by atoms with E-state index in [1.807, 2.05) is 36.4 Å². The highest BCUT2D eigenvalue weighted by Gasteiger charge is 2.19. The van der Waals surface area contributed by atoms with Gasteiger partial charge in [-0.25, -0.2) is 0 Å². The van der Waals surface area contributed by atoms with Crippen molar-refractivity contribution in [2.45, 2.75) is 12.8 Å². The van der Waals surface area contributed by atoms with E-state index < -0.39 is 0 Å². The quantitative estimate of drug-likeness (QED) is 0.811. The summed E-state index contributed by atoms with van der Waals surface area (Å²) in [6.07, 6.45) is 2.31. The monoisotopic (exact) mass is 359 g/mol. The molecular weight excluding hydrogens is 342 g/mol. The number of halogens is 1. The number of para-hydroxylation sites is 1. The molecule has 1 aliphatic rings. The molecule has 0 bridgehead atoms. The van der Waals surface area contributed by atoms with Crippen LogP contribution in [0.3, 0.4) is 0 Å². The Kier molecular flexibility index (Phi) is 5.33. The number of anilines is 2. The second kappa shape index (κ2) is 7.64. The van der Waals surface area contributed by atoms with Gasteiger partial charge in [0.15, 0.2) is 5.11 Å². The standard InChI is InChI=1S/C18H18ClN3OS/c19-14-9-6-10-15(16(14)22-11-4-5-12-22)20-18(24)21-17(23)13-7-2-1-3-8-13/h1-3,6-10H,4-5,11-12H2,(H2,20,21,23,24). The lowest BCUT2D eigenvalue weighted by Gasteiger charge is -2.23. The van der Waals surface area contributed by atoms with Gasteiger partial charge in [-0.15, -0.1) is 0 Å². The van der Waals surface area contributed by atoms with Crippen LogP contribution in [0.15, 0.2) is 48.5 Å². The molecule has 0 spiro atoms. The molecule has 0 unspecified atom stereocenters. The molecule has 0 aromatic heterocycles. The van der Waals surface area contributed by atoms with E-state index in [1.165, 1.54) is 0 Å². The fourth-order valence-electron chi connectivity index (χ4n) is 2.80. The highest BCUT2D eigenvalue weighted by atomic mass is 35.5. The zero-order valence-corrected chi connectivity index (χ0v) is 14.7. The molecule has 1 heterocycles. The van der Waals surface area contributed by atoms with Crippen molar-refractivity contribution in [3.63, 3.8) is 0 Å². The normalized spacial score (nSPS) is 13.6. The molecule has 1 amide bonds. The van der Waals surface area contributed by atoms with Crippen molar-refractivity contribution in [1.29, 1.82) is 0 Å². The molecule has 2 aromatic carbocycles. The van der Waals surface area contributed by atoms with Crippen molar-refractivity contribution in [2.24, 2.45) is 0 Å². The van der Waals surface area contributed by atoms with Crippen LogP contribution in [0.1, 0.15) is 23.2 Å². The number of thiocarbonyl (C=S) groups is 1. The van der Waals surface area contributed by atoms with Gasteiger partial charge in [-0.05, 0) is 49.3 Å². The molecule has 3 rings (SSSR count). The zero-order valence-electron chi connectivity index (χ0n) is 13.1. The van der Waals surface area contributed by atoms with E-state index in [0.29, 0.717) is 10.6 Å². The van der Waals surface area contributed by atoms with Crippen LogP contribution >= 0.6 is 23.8 Å². The van der Waals surface area contributed by atoms with Gasteiger partial charge in [-0.2, -0.15) is 0 Å². The van der Waals surface area contributed by atoms with E-state index in [9.17, 15) is 4.79 Å². The maximum absolute atomic E-state index is 12.2. The van der Waals surface area contributed by atoms with Crippen LogP contribution in [-0.2, 0) is 0 Å². The van der Waals surface area contributed by atoms with E-state index in [2.05, 4.69) is 15.5 Å². The summed E-state index contributed by atoms with van der Waals surface area (Å²) in [5.74, 6) is -0.238. The maximum atomic E-state index is 12.2. The topological polar surface area (TPSA) is 44.4 Å². The zero-order chi connectivity index (χ0) is 16.9. The number of amides is 1. The van der Waals surface area contributed by atoms with E-state index in [0.717, 1.165) is 37.3 Å². The third-order valence-corrected chi connectivity index (χ3v) is 4.43. The molecule has 124 valence electrons. The lowest BCUT2D eigenvalue weighted by Crippen LogP contribution is -2.34. The first kappa shape index (κ1) is 16.7. The summed E-state index contributed by atoms with van der Waals surface area (Å²) in [7, 11) is 0. The van der Waals surface area contributed by atoms with Crippen LogP contribution in [0.25, 0.3) is 0 Å². The van der Waals surface area contributed by atoms with Crippen molar-refractivity contribution >= 4 is 46.2 Å². The molecule has 2 N–H and O–H groups in total. The van der Waals surface area contributed by atoms with Gasteiger partial charge in [-0.3, -0.25) is 10.1 Å². The lowest BCUT2D eigenvalue weighted by atomic mass is 10.2. The van der Waals surface area contributed by atoms with Crippen LogP contribution in [0.5, 0.6) is 0 Å². The molecule has 1 saturated heterocycles. The molecule has 1 aliphatic heterocycles. The van der Waals surface area contributed by atoms with Gasteiger partial charge in [0.1, 0.15) is 0 Å². The highest BCUT2D eigenvalue weighted by Crippen LogP contribution is 2.35. The van der Waals surface area contributed by atoms with Crippen molar-refractivity contribution in [3.05, 3.63) is 59.1 Å². The highest BCUT2D eigenvalue weighted by molar-refractivity contribution is 7.80. The number of hydrogen-bond donors (Lipinski definition) is 2. The van der Waals surface area contributed by atoms with Gasteiger partial charge in [-0.1, -0.05) is 35.9 Å². The summed E-state index contributed by atoms with van der Waals surface area (Å²) in [6.45, 7) is 1.95. The molecule has 0 aliphatic carbocycles. The number of nitrogens with one attached hydrogen (secondary N) is 2. The SMILES string of the molecule is O=C(NC(=S)Nc1cccc(Cl)c1N1CCCC1)c1ccccc1. The largest absolute Gasteiger partial charge is 0.369 e. The molecule has 0 atom stereocenters. The minimum Gasteiger partial charge on any atom is -0.369 e. The van der Waals surface area contributed by atoms with E-state index in [1.54, 1.807) is 12.1 Å². The second-order valence-corrected chi connectivity index (χ2v) is 6.42. The van der Waals surface area contributed by atoms with E-state index in [4.69, 9.17) is 23.8 Å². The minimum atomic E-state index is -0.238. The Balaban J connectivity index is 1.73. The number of carbonyl (C=O) groups excluding carboxylic acids is 1. The van der Waals surface area contributed by atoms with Crippen molar-refractivity contribution < 1.29 is 4.79 Å². The van der Waals surface area contributed by atoms with Crippen LogP contribution < -0.4 is 15.5 Å². The molecule has 0 radical (unpaired) electrons. The first-order chi connectivity index (χ1) is 11.6. The number of benzene rings is 2. The fraction of sp³-hybridized carbons (Fsp3) is 0.222. The Bertz CT molecular complexity index is 745. The van der Waals surface area contributed by atoms with Crippen LogP contribution in [0, 0.1) is 0 Å². The van der Waals surface area contributed by atoms with Gasteiger partial charge in [0.05, 0.1) is 16.4 Å². The average Bonchev–Trinajstić information content (AvgIpc) is 3.09. The van der Waals surface area contributed by atoms with Gasteiger partial charge < -0.3 is 10.2 Å². The van der Waals surface area contributed by atoms with Crippen molar-refractivity contribution in [1.82, 2.24) is 5.32 Å². The minimum absolute atomic E-state index is 0.238. The third kappa shape index (κ3) is 3.86. The van der Waals surface area contributed by atoms with E-state index in [-0.39, 0.29) is 11.0 Å². The third-order valence-electron chi connectivity index (χ3n) is 3.92. The Morgan fingerprint density at radius 3 is 2.46 bits per heavy atom. The van der Waals surface area contributed by atoms with E-state index >= 15 is 0 Å². The summed E-state index contributed by atoms with van der Waals surface area (Å²) < 4.78 is 0. The molecular formula is C18H18ClN3OS. The maximum Gasteiger partial charge on any atom is 0.257 e. The Hall–Kier alpha value is -2.11. The van der Waals surface area contributed by atoms with Crippen molar-refractivity contribution in [2.75, 3.05) is 23.3 Å². The van der Waals surface area contributed by atoms with Crippen molar-refractivity contribution in [3.8, 4) is 0 Å². The average molecular weight is 360 g/mol. The predicted molar refractivity (Wildman–Crippen MR) is 103 cm³/mol. The first-order valence-corrected chi connectivity index (χ1v) is 8.64. The van der Waals surface area contributed by atoms with Crippen LogP contribution in [0.4, 0.5) is 11.4 Å². The molecule has 0 saturated carbocycles. The van der Waals surface area contributed by atoms with Gasteiger partial charge >= 0.3 is 0 Å². The number of hydrogen-bond acceptors (Lipinski definition) is 3. The Morgan fingerprint density at radius 2 is 1.75 bits per heavy atom. The van der Waals surface area contributed by atoms with Gasteiger partial charge in [0, 0.05) is 18.7 Å². The summed E-state index contributed by atoms with van der Waals surface area (Å²) >= 11 is 11.7. The Morgan fingerprint density at radius 1 is 1.04 bits per heavy atom. The number of rotatable bonds is 3. The summed E-state index contributed by atoms with van der Waals surface area (Å²) in [4.78, 5) is 14.4. The summed E-state index contributed by atoms with van der Waals surface area (Å²) in [5.41, 5.74) is 2.31. The first-order valence-electron chi connectivity index (χ1n) is 7.86. The van der Waals surface area contributed by atoms with Gasteiger partial charge in [0.25, 0.3) is 5.91 Å². The fourth-order valence-corrected chi connectivity index (χ4v) is 3.29. The molecule has 6 heteroatoms. The smallest absolute Gasteiger partial charge is 0.257 e. The van der Waals surface area contributed by atoms with Crippen LogP contribution in [0.2, 0.25) is 5.02 Å². The molecule has 24 heavy (non-hydrogen) atoms. The molecule has 1 fully saturated rings.